The molecule has 4 rings (SSSR count). The lowest BCUT2D eigenvalue weighted by Gasteiger charge is -2.55. The van der Waals surface area contributed by atoms with Crippen molar-refractivity contribution in [2.45, 2.75) is 55.1 Å². The van der Waals surface area contributed by atoms with Gasteiger partial charge < -0.3 is 9.53 Å². The van der Waals surface area contributed by atoms with Gasteiger partial charge in [0.05, 0.1) is 10.8 Å². The highest BCUT2D eigenvalue weighted by Crippen LogP contribution is 2.63. The van der Waals surface area contributed by atoms with Crippen LogP contribution < -0.4 is 0 Å². The number of rotatable bonds is 3. The van der Waals surface area contributed by atoms with Crippen LogP contribution in [0.15, 0.2) is 41.3 Å². The van der Waals surface area contributed by atoms with Crippen molar-refractivity contribution in [2.75, 3.05) is 0 Å². The predicted molar refractivity (Wildman–Crippen MR) is 93.9 cm³/mol. The van der Waals surface area contributed by atoms with Crippen molar-refractivity contribution in [3.8, 4) is 0 Å². The molecular weight excluding hydrogens is 354 g/mol. The Morgan fingerprint density at radius 2 is 1.85 bits per heavy atom. The summed E-state index contributed by atoms with van der Waals surface area (Å²) in [6, 6.07) is 6.31. The van der Waals surface area contributed by atoms with Crippen molar-refractivity contribution in [1.82, 2.24) is 4.31 Å². The lowest BCUT2D eigenvalue weighted by molar-refractivity contribution is -0.121. The SMILES string of the molecule is C=C1C[C@H](C=O)[C@]12N(S(=O)(=O)c1ccc(C)cc1)C(=O)OC21CCCC1. The molecule has 1 aliphatic heterocycles. The first-order valence-corrected chi connectivity index (χ1v) is 10.2. The molecule has 0 aromatic heterocycles. The standard InChI is InChI=1S/C19H21NO5S/c1-13-5-7-16(8-6-13)26(23,24)20-17(22)25-18(9-3-4-10-18)19(20)14(2)11-15(19)12-21/h5-8,12,15H,2-4,9-11H2,1H3/t15-,19-/m1/s1. The summed E-state index contributed by atoms with van der Waals surface area (Å²) in [5.41, 5.74) is -0.791. The quantitative estimate of drug-likeness (QED) is 0.599. The maximum atomic E-state index is 13.4. The summed E-state index contributed by atoms with van der Waals surface area (Å²) < 4.78 is 33.3. The second-order valence-electron chi connectivity index (χ2n) is 7.47. The van der Waals surface area contributed by atoms with Crippen molar-refractivity contribution >= 4 is 22.4 Å². The van der Waals surface area contributed by atoms with Gasteiger partial charge in [0.2, 0.25) is 0 Å². The van der Waals surface area contributed by atoms with Crippen LogP contribution in [0.5, 0.6) is 0 Å². The minimum Gasteiger partial charge on any atom is -0.439 e. The molecule has 3 aliphatic rings. The second kappa shape index (κ2) is 5.42. The second-order valence-corrected chi connectivity index (χ2v) is 9.26. The maximum absolute atomic E-state index is 13.4. The van der Waals surface area contributed by atoms with E-state index in [1.165, 1.54) is 12.1 Å². The van der Waals surface area contributed by atoms with E-state index >= 15 is 0 Å². The van der Waals surface area contributed by atoms with E-state index in [0.717, 1.165) is 29.0 Å². The molecule has 6 nitrogen and oxygen atoms in total. The Kier molecular flexibility index (Phi) is 3.60. The number of aryl methyl sites for hydroxylation is 1. The van der Waals surface area contributed by atoms with Gasteiger partial charge in [0.15, 0.2) is 0 Å². The fraction of sp³-hybridized carbons (Fsp3) is 0.474. The number of aldehydes is 1. The van der Waals surface area contributed by atoms with Gasteiger partial charge in [-0.25, -0.2) is 13.2 Å². The van der Waals surface area contributed by atoms with Gasteiger partial charge >= 0.3 is 6.09 Å². The molecule has 1 aromatic carbocycles. The van der Waals surface area contributed by atoms with Gasteiger partial charge in [0.1, 0.15) is 17.4 Å². The summed E-state index contributed by atoms with van der Waals surface area (Å²) in [5.74, 6) is -0.625. The van der Waals surface area contributed by atoms with E-state index in [0.29, 0.717) is 24.8 Å². The Hall–Kier alpha value is -2.15. The summed E-state index contributed by atoms with van der Waals surface area (Å²) in [4.78, 5) is 24.6. The molecule has 2 aliphatic carbocycles. The Labute approximate surface area is 152 Å². The van der Waals surface area contributed by atoms with E-state index in [-0.39, 0.29) is 4.90 Å². The van der Waals surface area contributed by atoms with Crippen molar-refractivity contribution in [3.63, 3.8) is 0 Å². The van der Waals surface area contributed by atoms with Crippen molar-refractivity contribution in [3.05, 3.63) is 42.0 Å². The summed E-state index contributed by atoms with van der Waals surface area (Å²) in [7, 11) is -4.17. The third-order valence-electron chi connectivity index (χ3n) is 6.14. The summed E-state index contributed by atoms with van der Waals surface area (Å²) in [6.07, 6.45) is 2.96. The van der Waals surface area contributed by atoms with E-state index in [4.69, 9.17) is 4.74 Å². The van der Waals surface area contributed by atoms with Crippen LogP contribution in [0.4, 0.5) is 4.79 Å². The number of hydrogen-bond donors (Lipinski definition) is 0. The van der Waals surface area contributed by atoms with Crippen LogP contribution >= 0.6 is 0 Å². The van der Waals surface area contributed by atoms with Gasteiger partial charge in [-0.15, -0.1) is 0 Å². The number of carbonyl (C=O) groups excluding carboxylic acids is 2. The molecule has 0 unspecified atom stereocenters. The highest BCUT2D eigenvalue weighted by atomic mass is 32.2. The zero-order valence-corrected chi connectivity index (χ0v) is 15.4. The Balaban J connectivity index is 1.92. The van der Waals surface area contributed by atoms with Crippen LogP contribution in [0.2, 0.25) is 0 Å². The summed E-state index contributed by atoms with van der Waals surface area (Å²) in [6.45, 7) is 5.87. The van der Waals surface area contributed by atoms with Gasteiger partial charge in [0.25, 0.3) is 10.0 Å². The van der Waals surface area contributed by atoms with Gasteiger partial charge in [-0.05, 0) is 56.7 Å². The van der Waals surface area contributed by atoms with Gasteiger partial charge in [-0.1, -0.05) is 24.3 Å². The molecule has 1 amide bonds. The average Bonchev–Trinajstić information content (AvgIpc) is 3.17. The molecule has 0 bridgehead atoms. The highest BCUT2D eigenvalue weighted by Gasteiger charge is 2.76. The molecule has 2 saturated carbocycles. The number of nitrogens with zero attached hydrogens (tertiary/aromatic N) is 1. The molecule has 2 atom stereocenters. The molecular formula is C19H21NO5S. The lowest BCUT2D eigenvalue weighted by atomic mass is 9.55. The van der Waals surface area contributed by atoms with E-state index in [2.05, 4.69) is 6.58 Å². The van der Waals surface area contributed by atoms with Crippen molar-refractivity contribution in [1.29, 1.82) is 0 Å². The molecule has 2 spiro atoms. The molecule has 0 N–H and O–H groups in total. The summed E-state index contributed by atoms with van der Waals surface area (Å²) in [5, 5.41) is 0. The third-order valence-corrected chi connectivity index (χ3v) is 7.93. The minimum absolute atomic E-state index is 0.0128. The molecule has 3 fully saturated rings. The van der Waals surface area contributed by atoms with E-state index in [1.807, 2.05) is 6.92 Å². The van der Waals surface area contributed by atoms with Crippen LogP contribution in [0.25, 0.3) is 0 Å². The number of benzene rings is 1. The summed E-state index contributed by atoms with van der Waals surface area (Å²) >= 11 is 0. The molecule has 0 radical (unpaired) electrons. The van der Waals surface area contributed by atoms with E-state index < -0.39 is 33.2 Å². The van der Waals surface area contributed by atoms with Crippen LogP contribution in [0.1, 0.15) is 37.7 Å². The fourth-order valence-corrected chi connectivity index (χ4v) is 6.68. The lowest BCUT2D eigenvalue weighted by Crippen LogP contribution is -2.70. The molecule has 1 heterocycles. The molecule has 1 aromatic rings. The number of carbonyl (C=O) groups is 2. The van der Waals surface area contributed by atoms with Gasteiger partial charge in [0, 0.05) is 0 Å². The normalized spacial score (nSPS) is 29.9. The molecule has 138 valence electrons. The number of amides is 1. The fourth-order valence-electron chi connectivity index (χ4n) is 4.95. The smallest absolute Gasteiger partial charge is 0.425 e. The zero-order chi connectivity index (χ0) is 18.7. The Morgan fingerprint density at radius 3 is 2.38 bits per heavy atom. The maximum Gasteiger partial charge on any atom is 0.425 e. The number of ether oxygens (including phenoxy) is 1. The van der Waals surface area contributed by atoms with Crippen molar-refractivity contribution < 1.29 is 22.7 Å². The molecule has 26 heavy (non-hydrogen) atoms. The first kappa shape index (κ1) is 17.3. The Morgan fingerprint density at radius 1 is 1.23 bits per heavy atom. The van der Waals surface area contributed by atoms with Crippen LogP contribution in [0, 0.1) is 12.8 Å². The van der Waals surface area contributed by atoms with E-state index in [9.17, 15) is 18.0 Å². The first-order chi connectivity index (χ1) is 12.3. The van der Waals surface area contributed by atoms with Crippen molar-refractivity contribution in [2.24, 2.45) is 5.92 Å². The number of hydrogen-bond acceptors (Lipinski definition) is 5. The first-order valence-electron chi connectivity index (χ1n) is 8.78. The monoisotopic (exact) mass is 375 g/mol. The predicted octanol–water partition coefficient (Wildman–Crippen LogP) is 2.96. The van der Waals surface area contributed by atoms with E-state index in [1.54, 1.807) is 12.1 Å². The number of sulfonamides is 1. The van der Waals surface area contributed by atoms with Crippen LogP contribution in [-0.2, 0) is 19.6 Å². The number of fused-ring (bicyclic) bond motifs is 1. The Bertz CT molecular complexity index is 898. The average molecular weight is 375 g/mol. The van der Waals surface area contributed by atoms with Crippen LogP contribution in [-0.4, -0.2) is 36.2 Å². The van der Waals surface area contributed by atoms with Gasteiger partial charge in [-0.2, -0.15) is 4.31 Å². The highest BCUT2D eigenvalue weighted by molar-refractivity contribution is 7.89. The largest absolute Gasteiger partial charge is 0.439 e. The minimum atomic E-state index is -4.17. The van der Waals surface area contributed by atoms with Gasteiger partial charge in [-0.3, -0.25) is 0 Å². The third kappa shape index (κ3) is 1.89. The zero-order valence-electron chi connectivity index (χ0n) is 14.6. The molecule has 1 saturated heterocycles. The molecule has 7 heteroatoms. The topological polar surface area (TPSA) is 80.8 Å². The van der Waals surface area contributed by atoms with Crippen LogP contribution in [0.3, 0.4) is 0 Å².